The first-order chi connectivity index (χ1) is 11.1. The van der Waals surface area contributed by atoms with E-state index in [0.29, 0.717) is 12.8 Å². The fourth-order valence-corrected chi connectivity index (χ4v) is 5.47. The third-order valence-corrected chi connectivity index (χ3v) is 6.45. The summed E-state index contributed by atoms with van der Waals surface area (Å²) in [5.41, 5.74) is -2.16. The van der Waals surface area contributed by atoms with Gasteiger partial charge in [-0.3, -0.25) is 0 Å². The van der Waals surface area contributed by atoms with Crippen molar-refractivity contribution in [3.63, 3.8) is 0 Å². The van der Waals surface area contributed by atoms with Gasteiger partial charge in [0.1, 0.15) is 10.7 Å². The largest absolute Gasteiger partial charge is 0.509 e. The quantitative estimate of drug-likeness (QED) is 0.765. The molecule has 3 rings (SSSR count). The number of alkyl halides is 3. The Bertz CT molecular complexity index is 812. The molecule has 24 heavy (non-hydrogen) atoms. The Morgan fingerprint density at radius 1 is 1.17 bits per heavy atom. The highest BCUT2D eigenvalue weighted by atomic mass is 35.5. The van der Waals surface area contributed by atoms with Gasteiger partial charge in [0.25, 0.3) is 0 Å². The van der Waals surface area contributed by atoms with Gasteiger partial charge in [0.05, 0.1) is 16.1 Å². The van der Waals surface area contributed by atoms with Gasteiger partial charge in [-0.05, 0) is 30.5 Å². The van der Waals surface area contributed by atoms with E-state index >= 15 is 0 Å². The van der Waals surface area contributed by atoms with Crippen molar-refractivity contribution in [3.8, 4) is 0 Å². The Labute approximate surface area is 142 Å². The van der Waals surface area contributed by atoms with E-state index in [-0.39, 0.29) is 16.2 Å². The lowest BCUT2D eigenvalue weighted by atomic mass is 9.80. The van der Waals surface area contributed by atoms with Crippen molar-refractivity contribution in [2.24, 2.45) is 0 Å². The van der Waals surface area contributed by atoms with Crippen LogP contribution in [0, 0.1) is 0 Å². The highest BCUT2D eigenvalue weighted by molar-refractivity contribution is 7.99. The minimum absolute atomic E-state index is 0.0551. The van der Waals surface area contributed by atoms with Crippen LogP contribution in [-0.2, 0) is 16.2 Å². The number of aliphatic hydroxyl groups excluding tert-OH is 1. The van der Waals surface area contributed by atoms with Crippen molar-refractivity contribution >= 4 is 26.5 Å². The molecule has 0 unspecified atom stereocenters. The van der Waals surface area contributed by atoms with E-state index in [9.17, 15) is 26.7 Å². The Kier molecular flexibility index (Phi) is 4.13. The highest BCUT2D eigenvalue weighted by Crippen LogP contribution is 2.45. The standard InChI is InChI=1S/C15H15ClF3NO3S/c16-11-8-9(4-5-10(11)15(17,18)19)12-13(21)14(20-24(12,22)23)6-2-1-3-7-14/h4-5,8,20-21H,1-3,6-7H2. The minimum atomic E-state index is -4.64. The van der Waals surface area contributed by atoms with Gasteiger partial charge in [-0.1, -0.05) is 36.9 Å². The average molecular weight is 382 g/mol. The van der Waals surface area contributed by atoms with Gasteiger partial charge < -0.3 is 5.11 Å². The number of sulfonamides is 1. The van der Waals surface area contributed by atoms with Crippen LogP contribution in [0.2, 0.25) is 5.02 Å². The van der Waals surface area contributed by atoms with E-state index in [2.05, 4.69) is 4.72 Å². The number of rotatable bonds is 1. The number of nitrogens with one attached hydrogen (secondary N) is 1. The Hall–Kier alpha value is -1.25. The van der Waals surface area contributed by atoms with Crippen LogP contribution in [0.4, 0.5) is 13.2 Å². The van der Waals surface area contributed by atoms with E-state index in [1.54, 1.807) is 0 Å². The number of hydrogen-bond donors (Lipinski definition) is 2. The normalized spacial score (nSPS) is 23.0. The molecule has 0 aromatic heterocycles. The van der Waals surface area contributed by atoms with Crippen molar-refractivity contribution < 1.29 is 26.7 Å². The van der Waals surface area contributed by atoms with Crippen molar-refractivity contribution in [1.82, 2.24) is 4.72 Å². The van der Waals surface area contributed by atoms with Gasteiger partial charge in [-0.25, -0.2) is 8.42 Å². The zero-order chi connectivity index (χ0) is 17.8. The van der Waals surface area contributed by atoms with E-state index in [1.165, 1.54) is 0 Å². The molecule has 1 spiro atoms. The van der Waals surface area contributed by atoms with Gasteiger partial charge in [0.2, 0.25) is 10.0 Å². The molecule has 4 nitrogen and oxygen atoms in total. The zero-order valence-corrected chi connectivity index (χ0v) is 14.0. The van der Waals surface area contributed by atoms with Crippen LogP contribution in [0.25, 0.3) is 4.91 Å². The molecule has 1 saturated carbocycles. The molecular weight excluding hydrogens is 367 g/mol. The summed E-state index contributed by atoms with van der Waals surface area (Å²) in [6.07, 6.45) is -1.27. The smallest absolute Gasteiger partial charge is 0.417 e. The van der Waals surface area contributed by atoms with Crippen LogP contribution in [0.15, 0.2) is 24.0 Å². The SMILES string of the molecule is O=S1(=O)NC2(CCCCC2)C(O)=C1c1ccc(C(F)(F)F)c(Cl)c1. The number of halogens is 4. The van der Waals surface area contributed by atoms with E-state index in [4.69, 9.17) is 11.6 Å². The van der Waals surface area contributed by atoms with Gasteiger partial charge in [0, 0.05) is 0 Å². The molecule has 2 N–H and O–H groups in total. The first-order valence-electron chi connectivity index (χ1n) is 7.42. The number of benzene rings is 1. The number of hydrogen-bond acceptors (Lipinski definition) is 3. The van der Waals surface area contributed by atoms with E-state index < -0.39 is 32.3 Å². The van der Waals surface area contributed by atoms with Gasteiger partial charge >= 0.3 is 6.18 Å². The summed E-state index contributed by atoms with van der Waals surface area (Å²) in [6, 6.07) is 2.66. The monoisotopic (exact) mass is 381 g/mol. The predicted octanol–water partition coefficient (Wildman–Crippen LogP) is 4.22. The summed E-state index contributed by atoms with van der Waals surface area (Å²) in [4.78, 5) is -0.389. The molecule has 1 aliphatic carbocycles. The molecule has 0 bridgehead atoms. The third-order valence-electron chi connectivity index (χ3n) is 4.51. The van der Waals surface area contributed by atoms with E-state index in [1.807, 2.05) is 0 Å². The summed E-state index contributed by atoms with van der Waals surface area (Å²) >= 11 is 5.67. The number of aliphatic hydroxyl groups is 1. The summed E-state index contributed by atoms with van der Waals surface area (Å²) < 4.78 is 65.8. The molecule has 9 heteroatoms. The molecule has 1 aliphatic heterocycles. The van der Waals surface area contributed by atoms with Crippen LogP contribution in [-0.4, -0.2) is 19.1 Å². The lowest BCUT2D eigenvalue weighted by Crippen LogP contribution is -2.45. The summed E-state index contributed by atoms with van der Waals surface area (Å²) in [7, 11) is -4.02. The lowest BCUT2D eigenvalue weighted by molar-refractivity contribution is -0.137. The Morgan fingerprint density at radius 2 is 1.79 bits per heavy atom. The van der Waals surface area contributed by atoms with Crippen LogP contribution in [0.1, 0.15) is 43.2 Å². The fraction of sp³-hybridized carbons (Fsp3) is 0.467. The lowest BCUT2D eigenvalue weighted by Gasteiger charge is -2.32. The molecule has 1 aromatic carbocycles. The molecule has 0 radical (unpaired) electrons. The molecule has 0 atom stereocenters. The summed E-state index contributed by atoms with van der Waals surface area (Å²) in [5, 5.41) is 9.93. The summed E-state index contributed by atoms with van der Waals surface area (Å²) in [5.74, 6) is -0.335. The molecule has 1 fully saturated rings. The molecule has 2 aliphatic rings. The van der Waals surface area contributed by atoms with Crippen molar-refractivity contribution in [2.75, 3.05) is 0 Å². The molecule has 1 heterocycles. The van der Waals surface area contributed by atoms with Gasteiger partial charge in [-0.15, -0.1) is 0 Å². The predicted molar refractivity (Wildman–Crippen MR) is 83.9 cm³/mol. The molecule has 132 valence electrons. The summed E-state index contributed by atoms with van der Waals surface area (Å²) in [6.45, 7) is 0. The average Bonchev–Trinajstić information content (AvgIpc) is 2.64. The van der Waals surface area contributed by atoms with Crippen LogP contribution >= 0.6 is 11.6 Å². The maximum atomic E-state index is 12.8. The minimum Gasteiger partial charge on any atom is -0.509 e. The Morgan fingerprint density at radius 3 is 2.33 bits per heavy atom. The van der Waals surface area contributed by atoms with Gasteiger partial charge in [-0.2, -0.15) is 17.9 Å². The first-order valence-corrected chi connectivity index (χ1v) is 9.28. The van der Waals surface area contributed by atoms with Crippen LogP contribution in [0.3, 0.4) is 0 Å². The zero-order valence-electron chi connectivity index (χ0n) is 12.5. The molecular formula is C15H15ClF3NO3S. The first kappa shape index (κ1) is 17.6. The van der Waals surface area contributed by atoms with Crippen molar-refractivity contribution in [1.29, 1.82) is 0 Å². The van der Waals surface area contributed by atoms with Crippen molar-refractivity contribution in [2.45, 2.75) is 43.8 Å². The van der Waals surface area contributed by atoms with E-state index in [0.717, 1.165) is 37.5 Å². The fourth-order valence-electron chi connectivity index (χ4n) is 3.37. The second-order valence-electron chi connectivity index (χ2n) is 6.12. The second-order valence-corrected chi connectivity index (χ2v) is 8.14. The third kappa shape index (κ3) is 2.80. The van der Waals surface area contributed by atoms with Gasteiger partial charge in [0.15, 0.2) is 0 Å². The van der Waals surface area contributed by atoms with Crippen LogP contribution < -0.4 is 4.72 Å². The molecule has 0 amide bonds. The van der Waals surface area contributed by atoms with Crippen LogP contribution in [0.5, 0.6) is 0 Å². The molecule has 1 aromatic rings. The topological polar surface area (TPSA) is 66.4 Å². The Balaban J connectivity index is 2.12. The molecule has 0 saturated heterocycles. The maximum absolute atomic E-state index is 12.8. The second kappa shape index (κ2) is 5.64. The van der Waals surface area contributed by atoms with Crippen molar-refractivity contribution in [3.05, 3.63) is 40.1 Å². The maximum Gasteiger partial charge on any atom is 0.417 e. The highest BCUT2D eigenvalue weighted by Gasteiger charge is 2.50.